The first kappa shape index (κ1) is 19.9. The maximum absolute atomic E-state index is 12.8. The van der Waals surface area contributed by atoms with E-state index in [1.807, 2.05) is 39.0 Å². The number of carbonyl (C=O) groups excluding carboxylic acids is 1. The number of hydrogen-bond donors (Lipinski definition) is 1. The van der Waals surface area contributed by atoms with E-state index in [4.69, 9.17) is 4.74 Å². The average molecular weight is 431 g/mol. The van der Waals surface area contributed by atoms with Crippen molar-refractivity contribution in [3.63, 3.8) is 0 Å². The van der Waals surface area contributed by atoms with E-state index in [1.54, 1.807) is 4.57 Å². The van der Waals surface area contributed by atoms with Crippen molar-refractivity contribution >= 4 is 44.4 Å². The Morgan fingerprint density at radius 3 is 2.93 bits per heavy atom. The number of thioether (sulfide) groups is 1. The first-order chi connectivity index (χ1) is 14.0. The van der Waals surface area contributed by atoms with E-state index in [-0.39, 0.29) is 17.4 Å². The van der Waals surface area contributed by atoms with Crippen LogP contribution in [0.15, 0.2) is 28.2 Å². The summed E-state index contributed by atoms with van der Waals surface area (Å²) in [4.78, 5) is 34.6. The first-order valence-electron chi connectivity index (χ1n) is 9.57. The predicted molar refractivity (Wildman–Crippen MR) is 116 cm³/mol. The van der Waals surface area contributed by atoms with Gasteiger partial charge >= 0.3 is 0 Å². The number of nitrogens with one attached hydrogen (secondary N) is 1. The maximum atomic E-state index is 12.8. The molecule has 0 radical (unpaired) electrons. The molecule has 0 saturated carbocycles. The van der Waals surface area contributed by atoms with Crippen molar-refractivity contribution in [1.82, 2.24) is 14.5 Å². The van der Waals surface area contributed by atoms with E-state index in [2.05, 4.69) is 15.3 Å². The van der Waals surface area contributed by atoms with Gasteiger partial charge in [0.05, 0.1) is 22.7 Å². The molecule has 9 heteroatoms. The third-order valence-corrected chi connectivity index (χ3v) is 6.95. The van der Waals surface area contributed by atoms with Gasteiger partial charge in [0.25, 0.3) is 5.56 Å². The number of anilines is 1. The zero-order valence-corrected chi connectivity index (χ0v) is 18.2. The van der Waals surface area contributed by atoms with Crippen LogP contribution in [0.5, 0.6) is 5.75 Å². The molecule has 1 amide bonds. The summed E-state index contributed by atoms with van der Waals surface area (Å²) in [7, 11) is 0. The van der Waals surface area contributed by atoms with Crippen LogP contribution in [-0.2, 0) is 17.8 Å². The monoisotopic (exact) mass is 430 g/mol. The minimum absolute atomic E-state index is 0.0385. The van der Waals surface area contributed by atoms with Crippen molar-refractivity contribution in [2.45, 2.75) is 38.9 Å². The summed E-state index contributed by atoms with van der Waals surface area (Å²) >= 11 is 2.87. The number of carbonyl (C=O) groups is 1. The Kier molecular flexibility index (Phi) is 5.60. The highest BCUT2D eigenvalue weighted by Crippen LogP contribution is 2.31. The summed E-state index contributed by atoms with van der Waals surface area (Å²) in [6, 6.07) is 5.69. The molecule has 2 aromatic heterocycles. The number of aryl methyl sites for hydroxylation is 1. The summed E-state index contributed by atoms with van der Waals surface area (Å²) in [5, 5.41) is 4.17. The number of amides is 1. The molecule has 3 heterocycles. The van der Waals surface area contributed by atoms with E-state index in [9.17, 15) is 9.59 Å². The molecule has 0 saturated heterocycles. The number of hydrogen-bond acceptors (Lipinski definition) is 7. The summed E-state index contributed by atoms with van der Waals surface area (Å²) < 4.78 is 8.11. The second-order valence-corrected chi connectivity index (χ2v) is 8.82. The molecule has 152 valence electrons. The SMILES string of the molecule is CCOc1ccc2nc(NC(=O)C3CSc4nc(C)c(CC)c(=O)n4C3)sc2c1. The van der Waals surface area contributed by atoms with Crippen molar-refractivity contribution in [2.75, 3.05) is 17.7 Å². The Bertz CT molecular complexity index is 1140. The quantitative estimate of drug-likeness (QED) is 0.624. The molecule has 1 N–H and O–H groups in total. The number of benzene rings is 1. The molecule has 0 aliphatic carbocycles. The molecular weight excluding hydrogens is 408 g/mol. The van der Waals surface area contributed by atoms with E-state index in [0.29, 0.717) is 41.2 Å². The Morgan fingerprint density at radius 2 is 2.17 bits per heavy atom. The van der Waals surface area contributed by atoms with Crippen molar-refractivity contribution in [3.8, 4) is 5.75 Å². The van der Waals surface area contributed by atoms with E-state index in [1.165, 1.54) is 23.1 Å². The fourth-order valence-electron chi connectivity index (χ4n) is 3.38. The lowest BCUT2D eigenvalue weighted by atomic mass is 10.1. The third kappa shape index (κ3) is 3.89. The van der Waals surface area contributed by atoms with Crippen LogP contribution < -0.4 is 15.6 Å². The summed E-state index contributed by atoms with van der Waals surface area (Å²) in [6.45, 7) is 6.69. The molecule has 3 aromatic rings. The average Bonchev–Trinajstić information content (AvgIpc) is 3.10. The van der Waals surface area contributed by atoms with Gasteiger partial charge in [-0.05, 0) is 38.5 Å². The summed E-state index contributed by atoms with van der Waals surface area (Å²) in [5.74, 6) is 0.932. The van der Waals surface area contributed by atoms with Crippen molar-refractivity contribution < 1.29 is 9.53 Å². The fraction of sp³-hybridized carbons (Fsp3) is 0.400. The Hall–Kier alpha value is -2.39. The molecule has 0 fully saturated rings. The second-order valence-electron chi connectivity index (χ2n) is 6.81. The number of rotatable bonds is 5. The normalized spacial score (nSPS) is 15.9. The Morgan fingerprint density at radius 1 is 1.34 bits per heavy atom. The number of thiazole rings is 1. The highest BCUT2D eigenvalue weighted by Gasteiger charge is 2.28. The topological polar surface area (TPSA) is 86.1 Å². The number of aromatic nitrogens is 3. The van der Waals surface area contributed by atoms with E-state index >= 15 is 0 Å². The van der Waals surface area contributed by atoms with E-state index < -0.39 is 0 Å². The second kappa shape index (κ2) is 8.16. The van der Waals surface area contributed by atoms with Gasteiger partial charge < -0.3 is 10.1 Å². The van der Waals surface area contributed by atoms with Crippen LogP contribution in [0.1, 0.15) is 25.1 Å². The number of ether oxygens (including phenoxy) is 1. The van der Waals surface area contributed by atoms with Gasteiger partial charge in [0.2, 0.25) is 5.91 Å². The van der Waals surface area contributed by atoms with Crippen LogP contribution in [0.2, 0.25) is 0 Å². The van der Waals surface area contributed by atoms with Crippen molar-refractivity contribution in [2.24, 2.45) is 5.92 Å². The molecule has 0 bridgehead atoms. The molecule has 4 rings (SSSR count). The van der Waals surface area contributed by atoms with Crippen LogP contribution in [0.25, 0.3) is 10.2 Å². The fourth-order valence-corrected chi connectivity index (χ4v) is 5.40. The lowest BCUT2D eigenvalue weighted by Gasteiger charge is -2.24. The third-order valence-electron chi connectivity index (χ3n) is 4.88. The zero-order valence-electron chi connectivity index (χ0n) is 16.5. The van der Waals surface area contributed by atoms with Crippen LogP contribution >= 0.6 is 23.1 Å². The van der Waals surface area contributed by atoms with Crippen molar-refractivity contribution in [1.29, 1.82) is 0 Å². The molecule has 7 nitrogen and oxygen atoms in total. The minimum Gasteiger partial charge on any atom is -0.494 e. The van der Waals surface area contributed by atoms with Crippen LogP contribution in [0.3, 0.4) is 0 Å². The standard InChI is InChI=1S/C20H22N4O3S2/c1-4-14-11(3)21-20-24(18(14)26)9-12(10-28-20)17(25)23-19-22-15-7-6-13(27-5-2)8-16(15)29-19/h6-8,12H,4-5,9-10H2,1-3H3,(H,22,23,25). The highest BCUT2D eigenvalue weighted by molar-refractivity contribution is 7.99. The maximum Gasteiger partial charge on any atom is 0.257 e. The summed E-state index contributed by atoms with van der Waals surface area (Å²) in [5.41, 5.74) is 2.27. The van der Waals surface area contributed by atoms with Gasteiger partial charge in [0.15, 0.2) is 10.3 Å². The molecule has 29 heavy (non-hydrogen) atoms. The predicted octanol–water partition coefficient (Wildman–Crippen LogP) is 3.48. The van der Waals surface area contributed by atoms with Crippen LogP contribution in [0, 0.1) is 12.8 Å². The van der Waals surface area contributed by atoms with Gasteiger partial charge in [-0.25, -0.2) is 9.97 Å². The smallest absolute Gasteiger partial charge is 0.257 e. The first-order valence-corrected chi connectivity index (χ1v) is 11.4. The zero-order chi connectivity index (χ0) is 20.5. The summed E-state index contributed by atoms with van der Waals surface area (Å²) in [6.07, 6.45) is 0.634. The largest absolute Gasteiger partial charge is 0.494 e. The van der Waals surface area contributed by atoms with Crippen molar-refractivity contribution in [3.05, 3.63) is 39.8 Å². The lowest BCUT2D eigenvalue weighted by Crippen LogP contribution is -2.38. The van der Waals surface area contributed by atoms with E-state index in [0.717, 1.165) is 21.7 Å². The Labute approximate surface area is 176 Å². The Balaban J connectivity index is 1.53. The van der Waals surface area contributed by atoms with Gasteiger partial charge in [-0.15, -0.1) is 0 Å². The molecule has 1 unspecified atom stereocenters. The molecule has 0 spiro atoms. The molecule has 1 atom stereocenters. The highest BCUT2D eigenvalue weighted by atomic mass is 32.2. The lowest BCUT2D eigenvalue weighted by molar-refractivity contribution is -0.119. The van der Waals surface area contributed by atoms with Gasteiger partial charge in [-0.1, -0.05) is 30.0 Å². The minimum atomic E-state index is -0.314. The van der Waals surface area contributed by atoms with Gasteiger partial charge in [0.1, 0.15) is 5.75 Å². The number of nitrogens with zero attached hydrogens (tertiary/aromatic N) is 3. The van der Waals surface area contributed by atoms with Crippen LogP contribution in [0.4, 0.5) is 5.13 Å². The number of fused-ring (bicyclic) bond motifs is 2. The molecular formula is C20H22N4O3S2. The molecule has 1 aromatic carbocycles. The van der Waals surface area contributed by atoms with Gasteiger partial charge in [-0.2, -0.15) is 0 Å². The van der Waals surface area contributed by atoms with Gasteiger partial charge in [0, 0.05) is 23.6 Å². The molecule has 1 aliphatic rings. The van der Waals surface area contributed by atoms with Crippen LogP contribution in [-0.4, -0.2) is 32.8 Å². The van der Waals surface area contributed by atoms with Gasteiger partial charge in [-0.3, -0.25) is 14.2 Å². The molecule has 1 aliphatic heterocycles.